The zero-order chi connectivity index (χ0) is 25.7. The maximum absolute atomic E-state index is 13.6. The predicted molar refractivity (Wildman–Crippen MR) is 144 cm³/mol. The summed E-state index contributed by atoms with van der Waals surface area (Å²) in [6, 6.07) is 22.4. The molecule has 184 valence electrons. The van der Waals surface area contributed by atoms with Gasteiger partial charge in [-0.1, -0.05) is 54.2 Å². The third-order valence-electron chi connectivity index (χ3n) is 5.92. The van der Waals surface area contributed by atoms with Crippen molar-refractivity contribution in [3.8, 4) is 6.07 Å². The Morgan fingerprint density at radius 2 is 1.83 bits per heavy atom. The molecule has 7 nitrogen and oxygen atoms in total. The minimum atomic E-state index is -1.68. The van der Waals surface area contributed by atoms with Crippen LogP contribution in [0, 0.1) is 24.2 Å². The van der Waals surface area contributed by atoms with Gasteiger partial charge in [0.05, 0.1) is 28.3 Å². The summed E-state index contributed by atoms with van der Waals surface area (Å²) in [6.07, 6.45) is 0. The second-order valence-corrected chi connectivity index (χ2v) is 10.6. The first-order chi connectivity index (χ1) is 17.3. The Hall–Kier alpha value is -3.58. The van der Waals surface area contributed by atoms with E-state index in [1.54, 1.807) is 18.2 Å². The SMILES string of the molecule is Cc1ccccc1NC(=O)C1C(c2cccs2)C(C#N)=C(SCC(=O)Nc2ccccc2)NC1(C)O. The number of amides is 2. The van der Waals surface area contributed by atoms with E-state index in [1.165, 1.54) is 18.3 Å². The van der Waals surface area contributed by atoms with Crippen molar-refractivity contribution >= 4 is 46.3 Å². The number of nitrogens with one attached hydrogen (secondary N) is 3. The molecule has 3 unspecified atom stereocenters. The van der Waals surface area contributed by atoms with Crippen molar-refractivity contribution in [1.82, 2.24) is 5.32 Å². The average molecular weight is 519 g/mol. The number of carbonyl (C=O) groups is 2. The molecular formula is C27H26N4O3S2. The molecule has 0 spiro atoms. The summed E-state index contributed by atoms with van der Waals surface area (Å²) < 4.78 is 0. The molecule has 4 rings (SSSR count). The van der Waals surface area contributed by atoms with Gasteiger partial charge in [-0.3, -0.25) is 9.59 Å². The highest BCUT2D eigenvalue weighted by molar-refractivity contribution is 8.03. The van der Waals surface area contributed by atoms with Gasteiger partial charge in [-0.15, -0.1) is 11.3 Å². The Bertz CT molecular complexity index is 1310. The molecule has 3 atom stereocenters. The molecule has 0 radical (unpaired) electrons. The number of thioether (sulfide) groups is 1. The highest BCUT2D eigenvalue weighted by Crippen LogP contribution is 2.46. The first kappa shape index (κ1) is 25.5. The normalized spacial score (nSPS) is 21.3. The van der Waals surface area contributed by atoms with Crippen LogP contribution in [0.1, 0.15) is 23.3 Å². The summed E-state index contributed by atoms with van der Waals surface area (Å²) >= 11 is 2.54. The number of thiophene rings is 1. The molecule has 4 N–H and O–H groups in total. The molecule has 0 bridgehead atoms. The first-order valence-corrected chi connectivity index (χ1v) is 13.2. The van der Waals surface area contributed by atoms with Crippen molar-refractivity contribution in [2.75, 3.05) is 16.4 Å². The number of rotatable bonds is 7. The number of aryl methyl sites for hydroxylation is 1. The molecule has 1 aliphatic rings. The van der Waals surface area contributed by atoms with Crippen LogP contribution < -0.4 is 16.0 Å². The molecule has 2 heterocycles. The topological polar surface area (TPSA) is 114 Å². The van der Waals surface area contributed by atoms with Crippen molar-refractivity contribution in [3.05, 3.63) is 93.2 Å². The van der Waals surface area contributed by atoms with E-state index < -0.39 is 23.5 Å². The number of benzene rings is 2. The molecule has 9 heteroatoms. The second-order valence-electron chi connectivity index (χ2n) is 8.60. The van der Waals surface area contributed by atoms with Gasteiger partial charge in [-0.2, -0.15) is 5.26 Å². The highest BCUT2D eigenvalue weighted by atomic mass is 32.2. The highest BCUT2D eigenvalue weighted by Gasteiger charge is 2.50. The van der Waals surface area contributed by atoms with Gasteiger partial charge in [-0.05, 0) is 49.1 Å². The Labute approximate surface area is 218 Å². The molecular weight excluding hydrogens is 492 g/mol. The Morgan fingerprint density at radius 1 is 1.11 bits per heavy atom. The Morgan fingerprint density at radius 3 is 2.50 bits per heavy atom. The van der Waals surface area contributed by atoms with Gasteiger partial charge in [0.1, 0.15) is 5.72 Å². The fourth-order valence-electron chi connectivity index (χ4n) is 4.20. The van der Waals surface area contributed by atoms with Gasteiger partial charge in [0, 0.05) is 22.2 Å². The Kier molecular flexibility index (Phi) is 7.79. The molecule has 3 aromatic rings. The fourth-order valence-corrected chi connectivity index (χ4v) is 6.03. The number of allylic oxidation sites excluding steroid dienone is 1. The van der Waals surface area contributed by atoms with E-state index >= 15 is 0 Å². The quantitative estimate of drug-likeness (QED) is 0.357. The number of anilines is 2. The lowest BCUT2D eigenvalue weighted by molar-refractivity contribution is -0.131. The zero-order valence-corrected chi connectivity index (χ0v) is 21.5. The van der Waals surface area contributed by atoms with Gasteiger partial charge in [0.2, 0.25) is 11.8 Å². The summed E-state index contributed by atoms with van der Waals surface area (Å²) in [7, 11) is 0. The van der Waals surface area contributed by atoms with Crippen LogP contribution in [-0.2, 0) is 9.59 Å². The maximum Gasteiger partial charge on any atom is 0.234 e. The molecule has 2 amide bonds. The molecule has 0 saturated carbocycles. The largest absolute Gasteiger partial charge is 0.370 e. The van der Waals surface area contributed by atoms with E-state index in [-0.39, 0.29) is 11.7 Å². The number of nitriles is 1. The first-order valence-electron chi connectivity index (χ1n) is 11.3. The third kappa shape index (κ3) is 5.62. The summed E-state index contributed by atoms with van der Waals surface area (Å²) in [6.45, 7) is 3.41. The predicted octanol–water partition coefficient (Wildman–Crippen LogP) is 4.81. The second kappa shape index (κ2) is 11.0. The summed E-state index contributed by atoms with van der Waals surface area (Å²) in [5.41, 5.74) is 0.833. The van der Waals surface area contributed by atoms with Crippen LogP contribution in [0.5, 0.6) is 0 Å². The smallest absolute Gasteiger partial charge is 0.234 e. The standard InChI is InChI=1S/C27H26N4O3S2/c1-17-9-6-7-12-20(17)30-25(33)24-23(21-13-8-14-35-21)19(15-28)26(31-27(24,2)34)36-16-22(32)29-18-10-4-3-5-11-18/h3-14,23-24,31,34H,16H2,1-2H3,(H,29,32)(H,30,33). The molecule has 0 aliphatic carbocycles. The number of nitrogens with zero attached hydrogens (tertiary/aromatic N) is 1. The van der Waals surface area contributed by atoms with Crippen LogP contribution >= 0.6 is 23.1 Å². The number of hydrogen-bond acceptors (Lipinski definition) is 7. The van der Waals surface area contributed by atoms with E-state index in [4.69, 9.17) is 0 Å². The van der Waals surface area contributed by atoms with Gasteiger partial charge >= 0.3 is 0 Å². The average Bonchev–Trinajstić information content (AvgIpc) is 3.38. The molecule has 1 aliphatic heterocycles. The molecule has 2 aromatic carbocycles. The monoisotopic (exact) mass is 518 g/mol. The summed E-state index contributed by atoms with van der Waals surface area (Å²) in [5.74, 6) is -2.30. The number of aliphatic hydroxyl groups is 1. The van der Waals surface area contributed by atoms with E-state index in [9.17, 15) is 20.0 Å². The van der Waals surface area contributed by atoms with Gasteiger partial charge in [0.25, 0.3) is 0 Å². The number of para-hydroxylation sites is 2. The van der Waals surface area contributed by atoms with Crippen LogP contribution in [0.25, 0.3) is 0 Å². The third-order valence-corrected chi connectivity index (χ3v) is 7.89. The van der Waals surface area contributed by atoms with Crippen LogP contribution in [0.3, 0.4) is 0 Å². The van der Waals surface area contributed by atoms with Crippen LogP contribution in [0.2, 0.25) is 0 Å². The minimum absolute atomic E-state index is 0.0235. The lowest BCUT2D eigenvalue weighted by Gasteiger charge is -2.43. The number of hydrogen-bond donors (Lipinski definition) is 4. The molecule has 1 aromatic heterocycles. The Balaban J connectivity index is 1.63. The van der Waals surface area contributed by atoms with Crippen LogP contribution in [-0.4, -0.2) is 28.4 Å². The van der Waals surface area contributed by atoms with E-state index in [0.717, 1.165) is 22.2 Å². The van der Waals surface area contributed by atoms with E-state index in [0.29, 0.717) is 22.0 Å². The van der Waals surface area contributed by atoms with Gasteiger partial charge in [-0.25, -0.2) is 0 Å². The van der Waals surface area contributed by atoms with Crippen LogP contribution in [0.15, 0.2) is 82.7 Å². The minimum Gasteiger partial charge on any atom is -0.370 e. The van der Waals surface area contributed by atoms with Crippen molar-refractivity contribution in [1.29, 1.82) is 5.26 Å². The van der Waals surface area contributed by atoms with E-state index in [1.807, 2.05) is 60.8 Å². The maximum atomic E-state index is 13.6. The van der Waals surface area contributed by atoms with Crippen molar-refractivity contribution < 1.29 is 14.7 Å². The van der Waals surface area contributed by atoms with Gasteiger partial charge < -0.3 is 21.1 Å². The molecule has 0 fully saturated rings. The van der Waals surface area contributed by atoms with E-state index in [2.05, 4.69) is 22.0 Å². The molecule has 0 saturated heterocycles. The van der Waals surface area contributed by atoms with Crippen molar-refractivity contribution in [2.45, 2.75) is 25.5 Å². The summed E-state index contributed by atoms with van der Waals surface area (Å²) in [4.78, 5) is 26.9. The lowest BCUT2D eigenvalue weighted by atomic mass is 9.76. The lowest BCUT2D eigenvalue weighted by Crippen LogP contribution is -2.57. The fraction of sp³-hybridized carbons (Fsp3) is 0.222. The van der Waals surface area contributed by atoms with Gasteiger partial charge in [0.15, 0.2) is 0 Å². The summed E-state index contributed by atoms with van der Waals surface area (Å²) in [5, 5.41) is 32.6. The molecule has 36 heavy (non-hydrogen) atoms. The zero-order valence-electron chi connectivity index (χ0n) is 19.8. The number of carbonyl (C=O) groups excluding carboxylic acids is 2. The van der Waals surface area contributed by atoms with Crippen molar-refractivity contribution in [3.63, 3.8) is 0 Å². The van der Waals surface area contributed by atoms with Crippen LogP contribution in [0.4, 0.5) is 11.4 Å². The van der Waals surface area contributed by atoms with Crippen molar-refractivity contribution in [2.24, 2.45) is 5.92 Å².